The van der Waals surface area contributed by atoms with E-state index < -0.39 is 0 Å². The van der Waals surface area contributed by atoms with Crippen LogP contribution >= 0.6 is 12.6 Å². The summed E-state index contributed by atoms with van der Waals surface area (Å²) in [5.74, 6) is 1.64. The summed E-state index contributed by atoms with van der Waals surface area (Å²) >= 11 is 4.41. The SMILES string of the molecule is Cc1nc(S)c2cc(NCC3CC3)ccc2n1. The maximum Gasteiger partial charge on any atom is 0.127 e. The zero-order valence-electron chi connectivity index (χ0n) is 9.77. The van der Waals surface area contributed by atoms with Crippen LogP contribution in [0, 0.1) is 12.8 Å². The average molecular weight is 245 g/mol. The molecule has 2 aromatic rings. The van der Waals surface area contributed by atoms with Crippen LogP contribution in [-0.2, 0) is 0 Å². The van der Waals surface area contributed by atoms with Crippen LogP contribution in [0.1, 0.15) is 18.7 Å². The Morgan fingerprint density at radius 2 is 2.18 bits per heavy atom. The minimum Gasteiger partial charge on any atom is -0.385 e. The van der Waals surface area contributed by atoms with E-state index in [-0.39, 0.29) is 0 Å². The Hall–Kier alpha value is -1.29. The Kier molecular flexibility index (Phi) is 2.67. The molecule has 1 aliphatic rings. The second-order valence-corrected chi connectivity index (χ2v) is 5.07. The first kappa shape index (κ1) is 10.8. The van der Waals surface area contributed by atoms with Crippen molar-refractivity contribution in [2.45, 2.75) is 24.8 Å². The van der Waals surface area contributed by atoms with Gasteiger partial charge in [-0.2, -0.15) is 0 Å². The van der Waals surface area contributed by atoms with Gasteiger partial charge in [-0.1, -0.05) is 0 Å². The van der Waals surface area contributed by atoms with Crippen LogP contribution in [0.15, 0.2) is 23.2 Å². The van der Waals surface area contributed by atoms with Crippen LogP contribution in [0.5, 0.6) is 0 Å². The lowest BCUT2D eigenvalue weighted by molar-refractivity contribution is 0.889. The van der Waals surface area contributed by atoms with Gasteiger partial charge in [0.25, 0.3) is 0 Å². The van der Waals surface area contributed by atoms with E-state index in [1.807, 2.05) is 13.0 Å². The predicted octanol–water partition coefficient (Wildman–Crippen LogP) is 3.05. The quantitative estimate of drug-likeness (QED) is 0.644. The van der Waals surface area contributed by atoms with Gasteiger partial charge in [-0.15, -0.1) is 12.6 Å². The van der Waals surface area contributed by atoms with Crippen molar-refractivity contribution < 1.29 is 0 Å². The van der Waals surface area contributed by atoms with Gasteiger partial charge in [-0.3, -0.25) is 0 Å². The molecule has 0 saturated heterocycles. The minimum atomic E-state index is 0.752. The molecule has 1 N–H and O–H groups in total. The molecule has 0 spiro atoms. The molecule has 0 unspecified atom stereocenters. The Balaban J connectivity index is 1.93. The van der Waals surface area contributed by atoms with Crippen molar-refractivity contribution >= 4 is 29.2 Å². The second kappa shape index (κ2) is 4.18. The number of rotatable bonds is 3. The van der Waals surface area contributed by atoms with Crippen LogP contribution in [0.2, 0.25) is 0 Å². The number of aromatic nitrogens is 2. The number of thiol groups is 1. The fourth-order valence-electron chi connectivity index (χ4n) is 1.92. The zero-order chi connectivity index (χ0) is 11.8. The molecule has 3 rings (SSSR count). The van der Waals surface area contributed by atoms with Crippen molar-refractivity contribution in [2.24, 2.45) is 5.92 Å². The third-order valence-electron chi connectivity index (χ3n) is 3.08. The molecular formula is C13H15N3S. The van der Waals surface area contributed by atoms with E-state index in [4.69, 9.17) is 0 Å². The first-order chi connectivity index (χ1) is 8.22. The molecule has 0 bridgehead atoms. The summed E-state index contributed by atoms with van der Waals surface area (Å²) in [6.45, 7) is 2.96. The standard InChI is InChI=1S/C13H15N3S/c1-8-15-12-5-4-10(14-7-9-2-3-9)6-11(12)13(17)16-8/h4-6,9,14H,2-3,7H2,1H3,(H,15,16,17). The monoisotopic (exact) mass is 245 g/mol. The van der Waals surface area contributed by atoms with Crippen LogP contribution in [-0.4, -0.2) is 16.5 Å². The van der Waals surface area contributed by atoms with Gasteiger partial charge in [0, 0.05) is 17.6 Å². The molecule has 0 aliphatic heterocycles. The van der Waals surface area contributed by atoms with E-state index in [9.17, 15) is 0 Å². The van der Waals surface area contributed by atoms with Gasteiger partial charge in [0.15, 0.2) is 0 Å². The molecule has 0 amide bonds. The fourth-order valence-corrected chi connectivity index (χ4v) is 2.24. The normalized spacial score (nSPS) is 15.2. The molecule has 1 aliphatic carbocycles. The first-order valence-electron chi connectivity index (χ1n) is 5.93. The Labute approximate surface area is 106 Å². The number of nitrogens with zero attached hydrogens (tertiary/aromatic N) is 2. The Morgan fingerprint density at radius 1 is 1.35 bits per heavy atom. The smallest absolute Gasteiger partial charge is 0.127 e. The zero-order valence-corrected chi connectivity index (χ0v) is 10.7. The van der Waals surface area contributed by atoms with E-state index in [1.54, 1.807) is 0 Å². The summed E-state index contributed by atoms with van der Waals surface area (Å²) in [5.41, 5.74) is 2.09. The average Bonchev–Trinajstić information content (AvgIpc) is 3.10. The highest BCUT2D eigenvalue weighted by Gasteiger charge is 2.20. The predicted molar refractivity (Wildman–Crippen MR) is 72.7 cm³/mol. The number of anilines is 1. The number of hydrogen-bond acceptors (Lipinski definition) is 4. The number of aryl methyl sites for hydroxylation is 1. The minimum absolute atomic E-state index is 0.752. The number of benzene rings is 1. The lowest BCUT2D eigenvalue weighted by Gasteiger charge is -2.07. The number of hydrogen-bond donors (Lipinski definition) is 2. The molecule has 1 fully saturated rings. The van der Waals surface area contributed by atoms with Crippen LogP contribution < -0.4 is 5.32 Å². The third kappa shape index (κ3) is 2.36. The molecule has 1 heterocycles. The van der Waals surface area contributed by atoms with Crippen molar-refractivity contribution in [2.75, 3.05) is 11.9 Å². The van der Waals surface area contributed by atoms with Gasteiger partial charge in [0.1, 0.15) is 10.9 Å². The molecule has 0 atom stereocenters. The van der Waals surface area contributed by atoms with Gasteiger partial charge in [-0.25, -0.2) is 9.97 Å². The summed E-state index contributed by atoms with van der Waals surface area (Å²) in [7, 11) is 0. The summed E-state index contributed by atoms with van der Waals surface area (Å²) in [5, 5.41) is 5.22. The van der Waals surface area contributed by atoms with Crippen molar-refractivity contribution in [3.8, 4) is 0 Å². The Bertz CT molecular complexity index is 564. The van der Waals surface area contributed by atoms with Crippen LogP contribution in [0.4, 0.5) is 5.69 Å². The molecule has 4 heteroatoms. The van der Waals surface area contributed by atoms with Gasteiger partial charge in [0.05, 0.1) is 5.52 Å². The lowest BCUT2D eigenvalue weighted by Crippen LogP contribution is -2.03. The summed E-state index contributed by atoms with van der Waals surface area (Å²) in [6, 6.07) is 6.18. The summed E-state index contributed by atoms with van der Waals surface area (Å²) in [6.07, 6.45) is 2.72. The molecule has 3 nitrogen and oxygen atoms in total. The molecule has 1 saturated carbocycles. The largest absolute Gasteiger partial charge is 0.385 e. The lowest BCUT2D eigenvalue weighted by atomic mass is 10.2. The van der Waals surface area contributed by atoms with Gasteiger partial charge < -0.3 is 5.32 Å². The van der Waals surface area contributed by atoms with Crippen molar-refractivity contribution in [1.82, 2.24) is 9.97 Å². The molecular weight excluding hydrogens is 230 g/mol. The van der Waals surface area contributed by atoms with E-state index in [0.717, 1.165) is 39.9 Å². The topological polar surface area (TPSA) is 37.8 Å². The molecule has 0 radical (unpaired) electrons. The maximum atomic E-state index is 4.41. The number of fused-ring (bicyclic) bond motifs is 1. The van der Waals surface area contributed by atoms with Crippen molar-refractivity contribution in [1.29, 1.82) is 0 Å². The Morgan fingerprint density at radius 3 is 2.94 bits per heavy atom. The van der Waals surface area contributed by atoms with E-state index in [2.05, 4.69) is 40.0 Å². The highest BCUT2D eigenvalue weighted by atomic mass is 32.1. The van der Waals surface area contributed by atoms with Gasteiger partial charge >= 0.3 is 0 Å². The summed E-state index contributed by atoms with van der Waals surface area (Å²) < 4.78 is 0. The van der Waals surface area contributed by atoms with Crippen molar-refractivity contribution in [3.05, 3.63) is 24.0 Å². The first-order valence-corrected chi connectivity index (χ1v) is 6.38. The van der Waals surface area contributed by atoms with E-state index in [0.29, 0.717) is 0 Å². The summed E-state index contributed by atoms with van der Waals surface area (Å²) in [4.78, 5) is 8.67. The van der Waals surface area contributed by atoms with E-state index in [1.165, 1.54) is 12.8 Å². The highest BCUT2D eigenvalue weighted by Crippen LogP contribution is 2.29. The van der Waals surface area contributed by atoms with Gasteiger partial charge in [0.2, 0.25) is 0 Å². The molecule has 17 heavy (non-hydrogen) atoms. The van der Waals surface area contributed by atoms with Crippen LogP contribution in [0.25, 0.3) is 10.9 Å². The molecule has 88 valence electrons. The maximum absolute atomic E-state index is 4.41. The van der Waals surface area contributed by atoms with Crippen molar-refractivity contribution in [3.63, 3.8) is 0 Å². The van der Waals surface area contributed by atoms with Gasteiger partial charge in [-0.05, 0) is 43.9 Å². The number of nitrogens with one attached hydrogen (secondary N) is 1. The third-order valence-corrected chi connectivity index (χ3v) is 3.42. The molecule has 1 aromatic heterocycles. The van der Waals surface area contributed by atoms with Crippen LogP contribution in [0.3, 0.4) is 0 Å². The second-order valence-electron chi connectivity index (χ2n) is 4.65. The molecule has 1 aromatic carbocycles. The highest BCUT2D eigenvalue weighted by molar-refractivity contribution is 7.80. The fraction of sp³-hybridized carbons (Fsp3) is 0.385. The van der Waals surface area contributed by atoms with E-state index >= 15 is 0 Å².